The summed E-state index contributed by atoms with van der Waals surface area (Å²) in [6, 6.07) is 21.5. The van der Waals surface area contributed by atoms with E-state index in [1.165, 1.54) is 63.0 Å². The second-order valence-corrected chi connectivity index (χ2v) is 10.6. The quantitative estimate of drug-likeness (QED) is 0.721. The van der Waals surface area contributed by atoms with Gasteiger partial charge in [-0.25, -0.2) is 0 Å². The van der Waals surface area contributed by atoms with Crippen LogP contribution in [0.15, 0.2) is 54.6 Å². The van der Waals surface area contributed by atoms with Crippen molar-refractivity contribution in [2.75, 3.05) is 32.7 Å². The lowest BCUT2D eigenvalue weighted by molar-refractivity contribution is -0.0650. The largest absolute Gasteiger partial charge is 0.317 e. The van der Waals surface area contributed by atoms with E-state index >= 15 is 0 Å². The van der Waals surface area contributed by atoms with Gasteiger partial charge in [0.1, 0.15) is 0 Å². The maximum atomic E-state index is 3.57. The maximum absolute atomic E-state index is 3.57. The molecule has 2 aromatic carbocycles. The lowest BCUT2D eigenvalue weighted by Gasteiger charge is -2.57. The third kappa shape index (κ3) is 4.46. The van der Waals surface area contributed by atoms with E-state index in [0.717, 1.165) is 19.1 Å². The fourth-order valence-electron chi connectivity index (χ4n) is 6.43. The Morgan fingerprint density at radius 1 is 0.935 bits per heavy atom. The predicted molar refractivity (Wildman–Crippen MR) is 129 cm³/mol. The molecule has 1 aliphatic carbocycles. The van der Waals surface area contributed by atoms with Crippen molar-refractivity contribution < 1.29 is 0 Å². The molecule has 0 bridgehead atoms. The topological polar surface area (TPSA) is 18.5 Å². The van der Waals surface area contributed by atoms with Crippen molar-refractivity contribution in [3.8, 4) is 0 Å². The molecular weight excluding hydrogens is 378 g/mol. The minimum Gasteiger partial charge on any atom is -0.317 e. The molecule has 3 heteroatoms. The molecule has 2 aliphatic heterocycles. The number of piperazine rings is 1. The van der Waals surface area contributed by atoms with Gasteiger partial charge in [-0.1, -0.05) is 68.4 Å². The van der Waals surface area contributed by atoms with Crippen LogP contribution in [-0.4, -0.2) is 48.6 Å². The van der Waals surface area contributed by atoms with Crippen LogP contribution in [0.25, 0.3) is 0 Å². The fraction of sp³-hybridized carbons (Fsp3) is 0.571. The van der Waals surface area contributed by atoms with Crippen molar-refractivity contribution in [3.63, 3.8) is 0 Å². The highest BCUT2D eigenvalue weighted by atomic mass is 15.3. The molecule has 2 heterocycles. The Bertz CT molecular complexity index is 848. The molecule has 31 heavy (non-hydrogen) atoms. The minimum absolute atomic E-state index is 0.514. The molecule has 2 saturated heterocycles. The molecule has 1 N–H and O–H groups in total. The Morgan fingerprint density at radius 3 is 2.39 bits per heavy atom. The number of hydrogen-bond donors (Lipinski definition) is 1. The van der Waals surface area contributed by atoms with Crippen LogP contribution < -0.4 is 5.32 Å². The van der Waals surface area contributed by atoms with Crippen LogP contribution in [0.1, 0.15) is 68.2 Å². The number of benzene rings is 2. The molecule has 1 unspecified atom stereocenters. The molecule has 3 aliphatic rings. The monoisotopic (exact) mass is 417 g/mol. The minimum atomic E-state index is 0.514. The zero-order valence-electron chi connectivity index (χ0n) is 19.4. The van der Waals surface area contributed by atoms with E-state index in [9.17, 15) is 0 Å². The van der Waals surface area contributed by atoms with Crippen LogP contribution in [0, 0.1) is 5.41 Å². The van der Waals surface area contributed by atoms with Gasteiger partial charge in [-0.05, 0) is 66.8 Å². The van der Waals surface area contributed by atoms with Crippen LogP contribution in [0.2, 0.25) is 0 Å². The number of rotatable bonds is 5. The van der Waals surface area contributed by atoms with E-state index in [0.29, 0.717) is 17.4 Å². The average molecular weight is 418 g/mol. The smallest absolute Gasteiger partial charge is 0.0481 e. The molecule has 1 saturated carbocycles. The fourth-order valence-corrected chi connectivity index (χ4v) is 6.43. The molecule has 0 aromatic heterocycles. The van der Waals surface area contributed by atoms with Gasteiger partial charge in [0, 0.05) is 38.3 Å². The van der Waals surface area contributed by atoms with Crippen molar-refractivity contribution >= 4 is 0 Å². The van der Waals surface area contributed by atoms with Crippen molar-refractivity contribution in [3.05, 3.63) is 71.3 Å². The summed E-state index contributed by atoms with van der Waals surface area (Å²) >= 11 is 0. The van der Waals surface area contributed by atoms with Gasteiger partial charge in [0.2, 0.25) is 0 Å². The first kappa shape index (κ1) is 21.2. The van der Waals surface area contributed by atoms with Gasteiger partial charge in [0.15, 0.2) is 0 Å². The Kier molecular flexibility index (Phi) is 6.19. The second-order valence-electron chi connectivity index (χ2n) is 10.6. The summed E-state index contributed by atoms with van der Waals surface area (Å²) in [6.45, 7) is 11.7. The lowest BCUT2D eigenvalue weighted by atomic mass is 9.60. The van der Waals surface area contributed by atoms with Crippen molar-refractivity contribution in [1.82, 2.24) is 15.1 Å². The van der Waals surface area contributed by atoms with Crippen molar-refractivity contribution in [2.45, 2.75) is 64.1 Å². The van der Waals surface area contributed by atoms with E-state index in [4.69, 9.17) is 0 Å². The van der Waals surface area contributed by atoms with Crippen LogP contribution in [0.3, 0.4) is 0 Å². The Morgan fingerprint density at radius 2 is 1.65 bits per heavy atom. The summed E-state index contributed by atoms with van der Waals surface area (Å²) in [4.78, 5) is 5.59. The summed E-state index contributed by atoms with van der Waals surface area (Å²) in [6.07, 6.45) is 5.58. The van der Waals surface area contributed by atoms with Gasteiger partial charge in [-0.15, -0.1) is 0 Å². The highest BCUT2D eigenvalue weighted by molar-refractivity contribution is 5.33. The van der Waals surface area contributed by atoms with Gasteiger partial charge < -0.3 is 5.32 Å². The Balaban J connectivity index is 1.37. The van der Waals surface area contributed by atoms with E-state index in [-0.39, 0.29) is 0 Å². The molecule has 0 radical (unpaired) electrons. The molecule has 3 fully saturated rings. The SMILES string of the molecule is CC(C)c1ccccc1C1CN(Cc2ccccc2)CCN1C1CC2(CCNCC2)C1. The van der Waals surface area contributed by atoms with E-state index < -0.39 is 0 Å². The highest BCUT2D eigenvalue weighted by Crippen LogP contribution is 2.52. The highest BCUT2D eigenvalue weighted by Gasteiger charge is 2.49. The van der Waals surface area contributed by atoms with Crippen molar-refractivity contribution in [2.24, 2.45) is 5.41 Å². The molecular formula is C28H39N3. The van der Waals surface area contributed by atoms with Gasteiger partial charge in [0.25, 0.3) is 0 Å². The molecule has 3 nitrogen and oxygen atoms in total. The summed E-state index contributed by atoms with van der Waals surface area (Å²) in [5.41, 5.74) is 5.18. The first-order valence-electron chi connectivity index (χ1n) is 12.5. The van der Waals surface area contributed by atoms with Crippen LogP contribution in [-0.2, 0) is 6.54 Å². The van der Waals surface area contributed by atoms with Crippen molar-refractivity contribution in [1.29, 1.82) is 0 Å². The maximum Gasteiger partial charge on any atom is 0.0481 e. The second kappa shape index (κ2) is 9.05. The Labute approximate surface area is 188 Å². The standard InChI is InChI=1S/C28H39N3/c1-22(2)25-10-6-7-11-26(25)27-21-30(20-23-8-4-3-5-9-23)16-17-31(27)24-18-28(19-24)12-14-29-15-13-28/h3-11,22,24,27,29H,12-21H2,1-2H3. The third-order valence-electron chi connectivity index (χ3n) is 8.20. The molecule has 5 rings (SSSR count). The summed E-state index contributed by atoms with van der Waals surface area (Å²) in [5, 5.41) is 3.57. The summed E-state index contributed by atoms with van der Waals surface area (Å²) in [7, 11) is 0. The van der Waals surface area contributed by atoms with E-state index in [2.05, 4.69) is 83.6 Å². The van der Waals surface area contributed by atoms with Crippen LogP contribution >= 0.6 is 0 Å². The number of nitrogens with zero attached hydrogens (tertiary/aromatic N) is 2. The van der Waals surface area contributed by atoms with Gasteiger partial charge >= 0.3 is 0 Å². The zero-order valence-corrected chi connectivity index (χ0v) is 19.4. The van der Waals surface area contributed by atoms with Gasteiger partial charge in [0.05, 0.1) is 0 Å². The van der Waals surface area contributed by atoms with Gasteiger partial charge in [-0.2, -0.15) is 0 Å². The molecule has 166 valence electrons. The van der Waals surface area contributed by atoms with Crippen LogP contribution in [0.5, 0.6) is 0 Å². The van der Waals surface area contributed by atoms with Crippen LogP contribution in [0.4, 0.5) is 0 Å². The third-order valence-corrected chi connectivity index (χ3v) is 8.20. The summed E-state index contributed by atoms with van der Waals surface area (Å²) in [5.74, 6) is 0.569. The normalized spacial score (nSPS) is 25.1. The molecule has 0 amide bonds. The van der Waals surface area contributed by atoms with E-state index in [1.807, 2.05) is 0 Å². The van der Waals surface area contributed by atoms with E-state index in [1.54, 1.807) is 5.56 Å². The zero-order chi connectivity index (χ0) is 21.3. The summed E-state index contributed by atoms with van der Waals surface area (Å²) < 4.78 is 0. The van der Waals surface area contributed by atoms with Gasteiger partial charge in [-0.3, -0.25) is 9.80 Å². The molecule has 1 atom stereocenters. The molecule has 1 spiro atoms. The number of hydrogen-bond acceptors (Lipinski definition) is 3. The predicted octanol–water partition coefficient (Wildman–Crippen LogP) is 5.20. The number of nitrogens with one attached hydrogen (secondary N) is 1. The first-order valence-corrected chi connectivity index (χ1v) is 12.5. The first-order chi connectivity index (χ1) is 15.1. The number of piperidine rings is 1. The lowest BCUT2D eigenvalue weighted by Crippen LogP contribution is -2.59. The average Bonchev–Trinajstić information content (AvgIpc) is 2.79. The molecule has 2 aromatic rings. The Hall–Kier alpha value is -1.68.